The number of nitrogens with zero attached hydrogens (tertiary/aromatic N) is 1. The molecule has 0 aliphatic heterocycles. The number of aromatic nitrogens is 1. The van der Waals surface area contributed by atoms with Crippen molar-refractivity contribution in [2.24, 2.45) is 0 Å². The van der Waals surface area contributed by atoms with Crippen LogP contribution in [0.25, 0.3) is 5.69 Å². The highest BCUT2D eigenvalue weighted by atomic mass is 19.1. The van der Waals surface area contributed by atoms with Gasteiger partial charge in [-0.15, -0.1) is 0 Å². The van der Waals surface area contributed by atoms with Crippen molar-refractivity contribution in [2.45, 2.75) is 20.5 Å². The van der Waals surface area contributed by atoms with E-state index < -0.39 is 11.8 Å². The summed E-state index contributed by atoms with van der Waals surface area (Å²) in [6, 6.07) is 14.7. The number of benzene rings is 2. The lowest BCUT2D eigenvalue weighted by Gasteiger charge is -2.11. The largest absolute Gasteiger partial charge is 0.380 e. The predicted octanol–water partition coefficient (Wildman–Crippen LogP) is 3.45. The van der Waals surface area contributed by atoms with E-state index in [-0.39, 0.29) is 5.82 Å². The third kappa shape index (κ3) is 4.52. The van der Waals surface area contributed by atoms with Gasteiger partial charge in [-0.1, -0.05) is 12.1 Å². The molecule has 0 aliphatic rings. The minimum atomic E-state index is -0.437. The highest BCUT2D eigenvalue weighted by Crippen LogP contribution is 2.21. The van der Waals surface area contributed by atoms with Crippen LogP contribution in [-0.2, 0) is 11.3 Å². The van der Waals surface area contributed by atoms with Crippen LogP contribution in [0.2, 0.25) is 0 Å². The first-order valence-electron chi connectivity index (χ1n) is 9.04. The molecule has 0 atom stereocenters. The molecular formula is C22H22FN3O3. The van der Waals surface area contributed by atoms with E-state index >= 15 is 0 Å². The van der Waals surface area contributed by atoms with E-state index in [1.165, 1.54) is 12.1 Å². The molecule has 0 saturated carbocycles. The van der Waals surface area contributed by atoms with Gasteiger partial charge in [0.25, 0.3) is 11.8 Å². The lowest BCUT2D eigenvalue weighted by atomic mass is 10.1. The Balaban J connectivity index is 1.73. The Kier molecular flexibility index (Phi) is 6.09. The Labute approximate surface area is 168 Å². The van der Waals surface area contributed by atoms with E-state index in [1.807, 2.05) is 17.6 Å². The average molecular weight is 395 g/mol. The fourth-order valence-electron chi connectivity index (χ4n) is 3.20. The molecule has 6 nitrogen and oxygen atoms in total. The highest BCUT2D eigenvalue weighted by Gasteiger charge is 2.17. The molecule has 2 aromatic carbocycles. The maximum absolute atomic E-state index is 13.2. The van der Waals surface area contributed by atoms with Crippen molar-refractivity contribution in [1.82, 2.24) is 15.4 Å². The molecule has 2 amide bonds. The van der Waals surface area contributed by atoms with E-state index in [0.717, 1.165) is 16.9 Å². The average Bonchev–Trinajstić information content (AvgIpc) is 3.01. The minimum Gasteiger partial charge on any atom is -0.380 e. The van der Waals surface area contributed by atoms with E-state index in [9.17, 15) is 14.0 Å². The zero-order valence-corrected chi connectivity index (χ0v) is 16.5. The molecule has 1 aromatic heterocycles. The predicted molar refractivity (Wildman–Crippen MR) is 107 cm³/mol. The van der Waals surface area contributed by atoms with Crippen molar-refractivity contribution in [3.8, 4) is 5.69 Å². The third-order valence-electron chi connectivity index (χ3n) is 4.55. The van der Waals surface area contributed by atoms with Crippen molar-refractivity contribution in [3.05, 3.63) is 88.5 Å². The Morgan fingerprint density at radius 1 is 1.00 bits per heavy atom. The first-order valence-corrected chi connectivity index (χ1v) is 9.04. The molecule has 0 spiro atoms. The smallest absolute Gasteiger partial charge is 0.271 e. The number of rotatable bonds is 5. The first-order chi connectivity index (χ1) is 13.9. The number of methoxy groups -OCH3 is 1. The fraction of sp³-hybridized carbons (Fsp3) is 0.182. The summed E-state index contributed by atoms with van der Waals surface area (Å²) in [4.78, 5) is 24.9. The number of carbonyl (C=O) groups is 2. The lowest BCUT2D eigenvalue weighted by Crippen LogP contribution is -2.41. The molecule has 150 valence electrons. The highest BCUT2D eigenvalue weighted by molar-refractivity contribution is 6.00. The molecule has 0 unspecified atom stereocenters. The summed E-state index contributed by atoms with van der Waals surface area (Å²) < 4.78 is 20.1. The molecule has 0 saturated heterocycles. The minimum absolute atomic E-state index is 0.327. The zero-order valence-electron chi connectivity index (χ0n) is 16.5. The maximum Gasteiger partial charge on any atom is 0.271 e. The van der Waals surface area contributed by atoms with E-state index in [1.54, 1.807) is 50.4 Å². The number of carbonyl (C=O) groups excluding carboxylic acids is 2. The second kappa shape index (κ2) is 8.70. The monoisotopic (exact) mass is 395 g/mol. The number of halogens is 1. The molecular weight excluding hydrogens is 373 g/mol. The number of nitrogens with one attached hydrogen (secondary N) is 2. The van der Waals surface area contributed by atoms with Gasteiger partial charge in [-0.3, -0.25) is 20.4 Å². The quantitative estimate of drug-likeness (QED) is 0.650. The zero-order chi connectivity index (χ0) is 21.0. The van der Waals surface area contributed by atoms with Crippen molar-refractivity contribution in [3.63, 3.8) is 0 Å². The summed E-state index contributed by atoms with van der Waals surface area (Å²) >= 11 is 0. The summed E-state index contributed by atoms with van der Waals surface area (Å²) in [7, 11) is 1.58. The summed E-state index contributed by atoms with van der Waals surface area (Å²) in [5, 5.41) is 0. The lowest BCUT2D eigenvalue weighted by molar-refractivity contribution is 0.0846. The Bertz CT molecular complexity index is 1040. The van der Waals surface area contributed by atoms with Gasteiger partial charge in [0.05, 0.1) is 12.2 Å². The summed E-state index contributed by atoms with van der Waals surface area (Å²) in [5.74, 6) is -1.19. The van der Waals surface area contributed by atoms with Crippen molar-refractivity contribution in [1.29, 1.82) is 0 Å². The fourth-order valence-corrected chi connectivity index (χ4v) is 3.20. The second-order valence-electron chi connectivity index (χ2n) is 6.64. The Hall–Kier alpha value is -3.45. The number of aryl methyl sites for hydroxylation is 1. The molecule has 7 heteroatoms. The molecule has 3 aromatic rings. The van der Waals surface area contributed by atoms with Crippen LogP contribution >= 0.6 is 0 Å². The van der Waals surface area contributed by atoms with Crippen LogP contribution in [0.4, 0.5) is 4.39 Å². The summed E-state index contributed by atoms with van der Waals surface area (Å²) in [5.41, 5.74) is 8.82. The normalized spacial score (nSPS) is 10.6. The van der Waals surface area contributed by atoms with E-state index in [0.29, 0.717) is 23.4 Å². The topological polar surface area (TPSA) is 72.4 Å². The van der Waals surface area contributed by atoms with Gasteiger partial charge in [0.1, 0.15) is 5.82 Å². The van der Waals surface area contributed by atoms with Crippen molar-refractivity contribution < 1.29 is 18.7 Å². The Morgan fingerprint density at radius 3 is 2.38 bits per heavy atom. The molecule has 0 fully saturated rings. The van der Waals surface area contributed by atoms with E-state index in [4.69, 9.17) is 4.74 Å². The van der Waals surface area contributed by atoms with Crippen LogP contribution in [0, 0.1) is 19.7 Å². The van der Waals surface area contributed by atoms with Crippen LogP contribution in [-0.4, -0.2) is 23.5 Å². The van der Waals surface area contributed by atoms with Gasteiger partial charge in [0.15, 0.2) is 0 Å². The molecule has 1 heterocycles. The second-order valence-corrected chi connectivity index (χ2v) is 6.64. The van der Waals surface area contributed by atoms with Crippen LogP contribution in [0.15, 0.2) is 54.6 Å². The van der Waals surface area contributed by atoms with Crippen LogP contribution in [0.3, 0.4) is 0 Å². The number of hydrogen-bond donors (Lipinski definition) is 2. The van der Waals surface area contributed by atoms with Gasteiger partial charge in [-0.2, -0.15) is 0 Å². The first kappa shape index (κ1) is 20.3. The number of hydrogen-bond acceptors (Lipinski definition) is 3. The SMILES string of the molecule is COCc1cccc(C(=O)NNC(=O)c2cc(C)n(-c3ccc(F)cc3)c2C)c1. The van der Waals surface area contributed by atoms with Crippen LogP contribution < -0.4 is 10.9 Å². The van der Waals surface area contributed by atoms with Crippen molar-refractivity contribution >= 4 is 11.8 Å². The molecule has 29 heavy (non-hydrogen) atoms. The number of amides is 2. The van der Waals surface area contributed by atoms with Crippen LogP contribution in [0.1, 0.15) is 37.7 Å². The molecule has 0 radical (unpaired) electrons. The van der Waals surface area contributed by atoms with E-state index in [2.05, 4.69) is 10.9 Å². The number of hydrazine groups is 1. The van der Waals surface area contributed by atoms with Gasteiger partial charge in [0.2, 0.25) is 0 Å². The molecule has 3 rings (SSSR count). The Morgan fingerprint density at radius 2 is 1.69 bits per heavy atom. The summed E-state index contributed by atoms with van der Waals surface area (Å²) in [6.45, 7) is 4.04. The maximum atomic E-state index is 13.2. The number of ether oxygens (including phenoxy) is 1. The van der Waals surface area contributed by atoms with Gasteiger partial charge in [-0.25, -0.2) is 4.39 Å². The van der Waals surface area contributed by atoms with Gasteiger partial charge in [-0.05, 0) is 61.9 Å². The molecule has 0 bridgehead atoms. The summed E-state index contributed by atoms with van der Waals surface area (Å²) in [6.07, 6.45) is 0. The third-order valence-corrected chi connectivity index (χ3v) is 4.55. The van der Waals surface area contributed by atoms with Gasteiger partial charge in [0, 0.05) is 29.7 Å². The standard InChI is InChI=1S/C22H22FN3O3/c1-14-11-20(15(2)26(14)19-9-7-18(23)8-10-19)22(28)25-24-21(27)17-6-4-5-16(12-17)13-29-3/h4-12H,13H2,1-3H3,(H,24,27)(H,25,28). The molecule has 2 N–H and O–H groups in total. The molecule has 0 aliphatic carbocycles. The van der Waals surface area contributed by atoms with Crippen LogP contribution in [0.5, 0.6) is 0 Å². The van der Waals surface area contributed by atoms with Crippen molar-refractivity contribution in [2.75, 3.05) is 7.11 Å². The van der Waals surface area contributed by atoms with Gasteiger partial charge < -0.3 is 9.30 Å². The van der Waals surface area contributed by atoms with Gasteiger partial charge >= 0.3 is 0 Å².